The van der Waals surface area contributed by atoms with Gasteiger partial charge < -0.3 is 9.67 Å². The van der Waals surface area contributed by atoms with E-state index in [2.05, 4.69) is 4.98 Å². The molecule has 2 unspecified atom stereocenters. The zero-order valence-corrected chi connectivity index (χ0v) is 7.93. The molecule has 0 amide bonds. The van der Waals surface area contributed by atoms with Crippen LogP contribution in [0.15, 0.2) is 12.4 Å². The number of nitriles is 1. The predicted octanol–water partition coefficient (Wildman–Crippen LogP) is 1.23. The molecule has 1 saturated carbocycles. The van der Waals surface area contributed by atoms with Crippen molar-refractivity contribution in [2.45, 2.75) is 37.8 Å². The Morgan fingerprint density at radius 1 is 1.50 bits per heavy atom. The molecule has 74 valence electrons. The SMILES string of the molecule is N#Cc1nccn1C1CCCCC1O. The minimum absolute atomic E-state index is 0.0425. The highest BCUT2D eigenvalue weighted by molar-refractivity contribution is 5.13. The Bertz CT molecular complexity index is 352. The van der Waals surface area contributed by atoms with Crippen LogP contribution in [-0.4, -0.2) is 20.8 Å². The smallest absolute Gasteiger partial charge is 0.213 e. The molecule has 4 nitrogen and oxygen atoms in total. The third-order valence-electron chi connectivity index (χ3n) is 2.82. The van der Waals surface area contributed by atoms with Crippen LogP contribution in [0.3, 0.4) is 0 Å². The maximum atomic E-state index is 9.80. The average Bonchev–Trinajstić information content (AvgIpc) is 2.66. The molecule has 2 atom stereocenters. The fourth-order valence-electron chi connectivity index (χ4n) is 2.08. The lowest BCUT2D eigenvalue weighted by Crippen LogP contribution is -2.27. The first kappa shape index (κ1) is 9.22. The predicted molar refractivity (Wildman–Crippen MR) is 50.5 cm³/mol. The highest BCUT2D eigenvalue weighted by atomic mass is 16.3. The number of nitrogens with zero attached hydrogens (tertiary/aromatic N) is 3. The fraction of sp³-hybridized carbons (Fsp3) is 0.600. The first-order chi connectivity index (χ1) is 6.83. The quantitative estimate of drug-likeness (QED) is 0.726. The van der Waals surface area contributed by atoms with Crippen molar-refractivity contribution in [1.29, 1.82) is 5.26 Å². The van der Waals surface area contributed by atoms with Gasteiger partial charge in [0.15, 0.2) is 0 Å². The van der Waals surface area contributed by atoms with Gasteiger partial charge >= 0.3 is 0 Å². The second-order valence-electron chi connectivity index (χ2n) is 3.69. The van der Waals surface area contributed by atoms with Crippen LogP contribution in [0.5, 0.6) is 0 Å². The van der Waals surface area contributed by atoms with E-state index in [1.165, 1.54) is 0 Å². The van der Waals surface area contributed by atoms with Gasteiger partial charge in [0, 0.05) is 12.4 Å². The largest absolute Gasteiger partial charge is 0.391 e. The lowest BCUT2D eigenvalue weighted by Gasteiger charge is -2.28. The fourth-order valence-corrected chi connectivity index (χ4v) is 2.08. The van der Waals surface area contributed by atoms with Gasteiger partial charge in [-0.25, -0.2) is 4.98 Å². The first-order valence-corrected chi connectivity index (χ1v) is 4.94. The number of rotatable bonds is 1. The van der Waals surface area contributed by atoms with Crippen LogP contribution in [0.1, 0.15) is 37.5 Å². The van der Waals surface area contributed by atoms with E-state index in [1.54, 1.807) is 17.0 Å². The molecule has 2 rings (SSSR count). The maximum Gasteiger partial charge on any atom is 0.213 e. The van der Waals surface area contributed by atoms with Gasteiger partial charge in [-0.15, -0.1) is 0 Å². The van der Waals surface area contributed by atoms with Crippen LogP contribution in [0.25, 0.3) is 0 Å². The zero-order valence-electron chi connectivity index (χ0n) is 7.93. The second-order valence-corrected chi connectivity index (χ2v) is 3.69. The molecule has 1 aromatic heterocycles. The van der Waals surface area contributed by atoms with Gasteiger partial charge in [-0.1, -0.05) is 12.8 Å². The van der Waals surface area contributed by atoms with Gasteiger partial charge in [-0.2, -0.15) is 5.26 Å². The normalized spacial score (nSPS) is 27.1. The molecule has 1 N–H and O–H groups in total. The van der Waals surface area contributed by atoms with Crippen molar-refractivity contribution in [1.82, 2.24) is 9.55 Å². The van der Waals surface area contributed by atoms with Crippen molar-refractivity contribution in [2.75, 3.05) is 0 Å². The first-order valence-electron chi connectivity index (χ1n) is 4.94. The molecule has 1 aliphatic carbocycles. The summed E-state index contributed by atoms with van der Waals surface area (Å²) < 4.78 is 1.80. The molecule has 1 aromatic rings. The highest BCUT2D eigenvalue weighted by Crippen LogP contribution is 2.29. The molecule has 1 heterocycles. The van der Waals surface area contributed by atoms with Crippen LogP contribution in [0.4, 0.5) is 0 Å². The van der Waals surface area contributed by atoms with Crippen molar-refractivity contribution in [3.8, 4) is 6.07 Å². The summed E-state index contributed by atoms with van der Waals surface area (Å²) in [6.45, 7) is 0. The average molecular weight is 191 g/mol. The van der Waals surface area contributed by atoms with E-state index >= 15 is 0 Å². The lowest BCUT2D eigenvalue weighted by molar-refractivity contribution is 0.0750. The Hall–Kier alpha value is -1.34. The Morgan fingerprint density at radius 2 is 2.29 bits per heavy atom. The van der Waals surface area contributed by atoms with Gasteiger partial charge in [0.2, 0.25) is 5.82 Å². The number of imidazole rings is 1. The summed E-state index contributed by atoms with van der Waals surface area (Å²) in [6.07, 6.45) is 7.02. The number of aliphatic hydroxyl groups is 1. The number of hydrogen-bond acceptors (Lipinski definition) is 3. The third kappa shape index (κ3) is 1.51. The highest BCUT2D eigenvalue weighted by Gasteiger charge is 2.25. The van der Waals surface area contributed by atoms with E-state index in [9.17, 15) is 5.11 Å². The van der Waals surface area contributed by atoms with Crippen LogP contribution in [0.2, 0.25) is 0 Å². The topological polar surface area (TPSA) is 61.8 Å². The van der Waals surface area contributed by atoms with Gasteiger partial charge in [0.25, 0.3) is 0 Å². The molecule has 0 radical (unpaired) electrons. The minimum atomic E-state index is -0.329. The number of aromatic nitrogens is 2. The van der Waals surface area contributed by atoms with E-state index in [0.717, 1.165) is 25.7 Å². The molecular weight excluding hydrogens is 178 g/mol. The lowest BCUT2D eigenvalue weighted by atomic mass is 9.92. The van der Waals surface area contributed by atoms with Gasteiger partial charge in [0.05, 0.1) is 12.1 Å². The van der Waals surface area contributed by atoms with Crippen molar-refractivity contribution in [3.63, 3.8) is 0 Å². The Morgan fingerprint density at radius 3 is 3.00 bits per heavy atom. The standard InChI is InChI=1S/C10H13N3O/c11-7-10-12-5-6-13(10)8-3-1-2-4-9(8)14/h5-6,8-9,14H,1-4H2. The van der Waals surface area contributed by atoms with Crippen molar-refractivity contribution >= 4 is 0 Å². The summed E-state index contributed by atoms with van der Waals surface area (Å²) in [5.74, 6) is 0.399. The zero-order chi connectivity index (χ0) is 9.97. The van der Waals surface area contributed by atoms with E-state index < -0.39 is 0 Å². The molecule has 1 aliphatic rings. The van der Waals surface area contributed by atoms with Crippen LogP contribution in [0, 0.1) is 11.3 Å². The Kier molecular flexibility index (Phi) is 2.51. The molecule has 1 fully saturated rings. The Balaban J connectivity index is 2.25. The molecule has 0 spiro atoms. The van der Waals surface area contributed by atoms with Crippen LogP contribution in [-0.2, 0) is 0 Å². The Labute approximate surface area is 82.8 Å². The van der Waals surface area contributed by atoms with Gasteiger partial charge in [-0.3, -0.25) is 0 Å². The van der Waals surface area contributed by atoms with Crippen molar-refractivity contribution < 1.29 is 5.11 Å². The van der Waals surface area contributed by atoms with E-state index in [4.69, 9.17) is 5.26 Å². The van der Waals surface area contributed by atoms with Crippen molar-refractivity contribution in [2.24, 2.45) is 0 Å². The van der Waals surface area contributed by atoms with E-state index in [-0.39, 0.29) is 12.1 Å². The summed E-state index contributed by atoms with van der Waals surface area (Å²) in [7, 11) is 0. The summed E-state index contributed by atoms with van der Waals surface area (Å²) in [6, 6.07) is 2.08. The maximum absolute atomic E-state index is 9.80. The summed E-state index contributed by atoms with van der Waals surface area (Å²) >= 11 is 0. The molecular formula is C10H13N3O. The molecule has 0 aliphatic heterocycles. The van der Waals surface area contributed by atoms with Gasteiger partial charge in [0.1, 0.15) is 6.07 Å². The van der Waals surface area contributed by atoms with Gasteiger partial charge in [-0.05, 0) is 12.8 Å². The van der Waals surface area contributed by atoms with E-state index in [1.807, 2.05) is 6.07 Å². The monoisotopic (exact) mass is 191 g/mol. The van der Waals surface area contributed by atoms with Crippen LogP contribution >= 0.6 is 0 Å². The third-order valence-corrected chi connectivity index (χ3v) is 2.82. The molecule has 0 aromatic carbocycles. The summed E-state index contributed by atoms with van der Waals surface area (Å²) in [5.41, 5.74) is 0. The summed E-state index contributed by atoms with van der Waals surface area (Å²) in [5, 5.41) is 18.6. The molecule has 14 heavy (non-hydrogen) atoms. The molecule has 0 saturated heterocycles. The number of aliphatic hydroxyl groups excluding tert-OH is 1. The molecule has 4 heteroatoms. The molecule has 0 bridgehead atoms. The minimum Gasteiger partial charge on any atom is -0.391 e. The number of hydrogen-bond donors (Lipinski definition) is 1. The summed E-state index contributed by atoms with van der Waals surface area (Å²) in [4.78, 5) is 3.94. The van der Waals surface area contributed by atoms with E-state index in [0.29, 0.717) is 5.82 Å². The van der Waals surface area contributed by atoms with Crippen molar-refractivity contribution in [3.05, 3.63) is 18.2 Å². The van der Waals surface area contributed by atoms with Crippen LogP contribution < -0.4 is 0 Å². The second kappa shape index (κ2) is 3.81.